The fourth-order valence-corrected chi connectivity index (χ4v) is 0.522. The molecule has 2 heteroatoms. The lowest BCUT2D eigenvalue weighted by atomic mass is 10.3. The third kappa shape index (κ3) is 8.82. The molecule has 11 heavy (non-hydrogen) atoms. The molecule has 0 spiro atoms. The maximum Gasteiger partial charge on any atom is 0.123 e. The van der Waals surface area contributed by atoms with Crippen LogP contribution in [0.4, 0.5) is 4.39 Å². The van der Waals surface area contributed by atoms with Crippen LogP contribution in [0.3, 0.4) is 0 Å². The highest BCUT2D eigenvalue weighted by molar-refractivity contribution is 5.51. The van der Waals surface area contributed by atoms with Crippen molar-refractivity contribution in [3.8, 4) is 0 Å². The Morgan fingerprint density at radius 1 is 1.27 bits per heavy atom. The second kappa shape index (κ2) is 6.93. The van der Waals surface area contributed by atoms with Crippen LogP contribution in [0, 0.1) is 0 Å². The van der Waals surface area contributed by atoms with Crippen molar-refractivity contribution in [2.75, 3.05) is 0 Å². The summed E-state index contributed by atoms with van der Waals surface area (Å²) in [6.45, 7) is 3.06. The number of carbonyl (C=O) groups is 1. The Labute approximate surface area is 65.9 Å². The number of allylic oxidation sites excluding steroid dienone is 5. The fraction of sp³-hybridized carbons (Fsp3) is 0.222. The van der Waals surface area contributed by atoms with Gasteiger partial charge in [-0.3, -0.25) is 0 Å². The molecule has 0 aromatic heterocycles. The summed E-state index contributed by atoms with van der Waals surface area (Å²) < 4.78 is 11.9. The molecule has 0 rings (SSSR count). The van der Waals surface area contributed by atoms with Crippen LogP contribution < -0.4 is 0 Å². The Morgan fingerprint density at radius 2 is 1.91 bits per heavy atom. The van der Waals surface area contributed by atoms with E-state index in [4.69, 9.17) is 0 Å². The third-order valence-electron chi connectivity index (χ3n) is 0.970. The van der Waals surface area contributed by atoms with Crippen LogP contribution in [0.2, 0.25) is 0 Å². The molecule has 0 aromatic rings. The topological polar surface area (TPSA) is 17.1 Å². The summed E-state index contributed by atoms with van der Waals surface area (Å²) in [5.74, 6) is -0.450. The van der Waals surface area contributed by atoms with Gasteiger partial charge in [0.05, 0.1) is 0 Å². The number of carbonyl (C=O) groups excluding carboxylic acids is 1. The van der Waals surface area contributed by atoms with E-state index in [1.807, 2.05) is 0 Å². The van der Waals surface area contributed by atoms with Crippen molar-refractivity contribution in [1.82, 2.24) is 0 Å². The molecule has 0 heterocycles. The average molecular weight is 154 g/mol. The van der Waals surface area contributed by atoms with Gasteiger partial charge in [0.1, 0.15) is 12.1 Å². The first-order chi connectivity index (χ1) is 5.27. The van der Waals surface area contributed by atoms with Crippen LogP contribution in [0.5, 0.6) is 0 Å². The normalized spacial score (nSPS) is 11.0. The number of hydrogen-bond acceptors (Lipinski definition) is 1. The molecule has 0 aliphatic carbocycles. The molecule has 0 amide bonds. The van der Waals surface area contributed by atoms with Crippen LogP contribution in [0.15, 0.2) is 36.7 Å². The minimum absolute atomic E-state index is 0.421. The summed E-state index contributed by atoms with van der Waals surface area (Å²) in [5.41, 5.74) is 0. The summed E-state index contributed by atoms with van der Waals surface area (Å²) in [4.78, 5) is 9.80. The molecule has 60 valence electrons. The van der Waals surface area contributed by atoms with Crippen LogP contribution in [0.1, 0.15) is 12.8 Å². The molecule has 0 fully saturated rings. The standard InChI is InChI=1S/C9H11FO/c1-9(10)7-5-3-2-4-6-8-11/h2,4-5,7-8H,1,3,6H2/b4-2-,7-5-. The number of rotatable bonds is 5. The van der Waals surface area contributed by atoms with Gasteiger partial charge in [-0.1, -0.05) is 24.8 Å². The molecule has 0 radical (unpaired) electrons. The predicted molar refractivity (Wildman–Crippen MR) is 43.8 cm³/mol. The Balaban J connectivity index is 3.40. The Bertz CT molecular complexity index is 180. The zero-order chi connectivity index (χ0) is 8.53. The molecular weight excluding hydrogens is 143 g/mol. The fourth-order valence-electron chi connectivity index (χ4n) is 0.522. The highest BCUT2D eigenvalue weighted by Crippen LogP contribution is 1.95. The lowest BCUT2D eigenvalue weighted by Gasteiger charge is -1.80. The first-order valence-electron chi connectivity index (χ1n) is 3.37. The van der Waals surface area contributed by atoms with Gasteiger partial charge in [-0.2, -0.15) is 0 Å². The Hall–Kier alpha value is -1.18. The van der Waals surface area contributed by atoms with Gasteiger partial charge in [-0.05, 0) is 12.5 Å². The first kappa shape index (κ1) is 9.82. The number of hydrogen-bond donors (Lipinski definition) is 0. The molecule has 0 unspecified atom stereocenters. The minimum Gasteiger partial charge on any atom is -0.303 e. The molecule has 0 saturated carbocycles. The summed E-state index contributed by atoms with van der Waals surface area (Å²) in [6, 6.07) is 0. The zero-order valence-electron chi connectivity index (χ0n) is 6.29. The lowest BCUT2D eigenvalue weighted by Crippen LogP contribution is -1.66. The molecular formula is C9H11FO. The molecule has 0 N–H and O–H groups in total. The van der Waals surface area contributed by atoms with Crippen molar-refractivity contribution < 1.29 is 9.18 Å². The van der Waals surface area contributed by atoms with E-state index in [-0.39, 0.29) is 0 Å². The van der Waals surface area contributed by atoms with Gasteiger partial charge in [-0.25, -0.2) is 4.39 Å². The van der Waals surface area contributed by atoms with Crippen LogP contribution in [-0.2, 0) is 4.79 Å². The Morgan fingerprint density at radius 3 is 2.45 bits per heavy atom. The highest BCUT2D eigenvalue weighted by atomic mass is 19.1. The van der Waals surface area contributed by atoms with Crippen molar-refractivity contribution in [1.29, 1.82) is 0 Å². The molecule has 0 saturated heterocycles. The maximum absolute atomic E-state index is 11.9. The minimum atomic E-state index is -0.450. The second-order valence-electron chi connectivity index (χ2n) is 1.96. The molecule has 0 aliphatic heterocycles. The van der Waals surface area contributed by atoms with E-state index in [9.17, 15) is 9.18 Å². The van der Waals surface area contributed by atoms with E-state index in [2.05, 4.69) is 6.58 Å². The SMILES string of the molecule is C=C(F)/C=C\C/C=C\CC=O. The van der Waals surface area contributed by atoms with Gasteiger partial charge in [0.2, 0.25) is 0 Å². The smallest absolute Gasteiger partial charge is 0.123 e. The molecule has 0 bridgehead atoms. The third-order valence-corrected chi connectivity index (χ3v) is 0.970. The van der Waals surface area contributed by atoms with Gasteiger partial charge in [0, 0.05) is 6.42 Å². The highest BCUT2D eigenvalue weighted by Gasteiger charge is 1.76. The van der Waals surface area contributed by atoms with Crippen LogP contribution in [0.25, 0.3) is 0 Å². The second-order valence-corrected chi connectivity index (χ2v) is 1.96. The summed E-state index contributed by atoms with van der Waals surface area (Å²) in [7, 11) is 0. The van der Waals surface area contributed by atoms with Crippen LogP contribution >= 0.6 is 0 Å². The number of aldehydes is 1. The van der Waals surface area contributed by atoms with Gasteiger partial charge < -0.3 is 4.79 Å². The maximum atomic E-state index is 11.9. The van der Waals surface area contributed by atoms with Crippen molar-refractivity contribution in [2.45, 2.75) is 12.8 Å². The summed E-state index contributed by atoms with van der Waals surface area (Å²) >= 11 is 0. The van der Waals surface area contributed by atoms with Gasteiger partial charge in [-0.15, -0.1) is 0 Å². The number of halogens is 1. The first-order valence-corrected chi connectivity index (χ1v) is 3.37. The van der Waals surface area contributed by atoms with E-state index in [1.54, 1.807) is 18.2 Å². The zero-order valence-corrected chi connectivity index (χ0v) is 6.29. The van der Waals surface area contributed by atoms with Crippen LogP contribution in [-0.4, -0.2) is 6.29 Å². The molecule has 1 nitrogen and oxygen atoms in total. The molecule has 0 aromatic carbocycles. The van der Waals surface area contributed by atoms with Gasteiger partial charge in [0.15, 0.2) is 0 Å². The lowest BCUT2D eigenvalue weighted by molar-refractivity contribution is -0.107. The Kier molecular flexibility index (Phi) is 6.19. The molecule has 0 atom stereocenters. The quantitative estimate of drug-likeness (QED) is 0.338. The molecule has 0 aliphatic rings. The van der Waals surface area contributed by atoms with Crippen molar-refractivity contribution in [3.63, 3.8) is 0 Å². The van der Waals surface area contributed by atoms with Gasteiger partial charge >= 0.3 is 0 Å². The van der Waals surface area contributed by atoms with E-state index in [0.717, 1.165) is 6.29 Å². The summed E-state index contributed by atoms with van der Waals surface area (Å²) in [6.07, 6.45) is 8.34. The van der Waals surface area contributed by atoms with E-state index in [0.29, 0.717) is 12.8 Å². The van der Waals surface area contributed by atoms with E-state index < -0.39 is 5.83 Å². The van der Waals surface area contributed by atoms with Crippen molar-refractivity contribution in [3.05, 3.63) is 36.7 Å². The average Bonchev–Trinajstić information content (AvgIpc) is 1.96. The van der Waals surface area contributed by atoms with Crippen molar-refractivity contribution >= 4 is 6.29 Å². The summed E-state index contributed by atoms with van der Waals surface area (Å²) in [5, 5.41) is 0. The monoisotopic (exact) mass is 154 g/mol. The van der Waals surface area contributed by atoms with Gasteiger partial charge in [0.25, 0.3) is 0 Å². The predicted octanol–water partition coefficient (Wildman–Crippen LogP) is 2.56. The van der Waals surface area contributed by atoms with E-state index >= 15 is 0 Å². The van der Waals surface area contributed by atoms with Crippen molar-refractivity contribution in [2.24, 2.45) is 0 Å². The largest absolute Gasteiger partial charge is 0.303 e. The van der Waals surface area contributed by atoms with E-state index in [1.165, 1.54) is 6.08 Å².